The molecule has 2 aromatic carbocycles. The van der Waals surface area contributed by atoms with Gasteiger partial charge in [0.2, 0.25) is 0 Å². The predicted octanol–water partition coefficient (Wildman–Crippen LogP) is 3.61. The van der Waals surface area contributed by atoms with Gasteiger partial charge in [-0.1, -0.05) is 34.1 Å². The van der Waals surface area contributed by atoms with E-state index < -0.39 is 5.97 Å². The lowest BCUT2D eigenvalue weighted by atomic mass is 9.99. The third-order valence-electron chi connectivity index (χ3n) is 2.57. The van der Waals surface area contributed by atoms with Crippen molar-refractivity contribution >= 4 is 21.9 Å². The van der Waals surface area contributed by atoms with E-state index in [1.807, 2.05) is 24.3 Å². The maximum atomic E-state index is 11.7. The molecule has 92 valence electrons. The molecule has 0 radical (unpaired) electrons. The molecule has 0 saturated carbocycles. The summed E-state index contributed by atoms with van der Waals surface area (Å²) in [5, 5.41) is 9.48. The van der Waals surface area contributed by atoms with E-state index in [1.54, 1.807) is 12.1 Å². The molecule has 2 rings (SSSR count). The van der Waals surface area contributed by atoms with Crippen LogP contribution in [-0.4, -0.2) is 18.2 Å². The maximum absolute atomic E-state index is 11.7. The van der Waals surface area contributed by atoms with Crippen LogP contribution in [0.4, 0.5) is 0 Å². The summed E-state index contributed by atoms with van der Waals surface area (Å²) in [6.07, 6.45) is 0. The molecule has 0 aliphatic carbocycles. The molecule has 0 atom stereocenters. The number of ether oxygens (including phenoxy) is 1. The summed E-state index contributed by atoms with van der Waals surface area (Å²) < 4.78 is 5.60. The summed E-state index contributed by atoms with van der Waals surface area (Å²) in [5.74, 6) is -0.442. The average Bonchev–Trinajstić information content (AvgIpc) is 2.39. The van der Waals surface area contributed by atoms with Crippen LogP contribution in [0.5, 0.6) is 5.75 Å². The highest BCUT2D eigenvalue weighted by Gasteiger charge is 2.15. The van der Waals surface area contributed by atoms with E-state index >= 15 is 0 Å². The van der Waals surface area contributed by atoms with Gasteiger partial charge in [0.15, 0.2) is 0 Å². The monoisotopic (exact) mass is 306 g/mol. The highest BCUT2D eigenvalue weighted by atomic mass is 79.9. The molecule has 3 nitrogen and oxygen atoms in total. The standard InChI is InChI=1S/C14H11BrO3/c1-18-14(17)12-8-9(16)6-7-10(12)11-4-2-3-5-13(11)15/h2-8,16H,1H3. The Labute approximate surface area is 113 Å². The number of phenolic OH excluding ortho intramolecular Hbond substituents is 1. The van der Waals surface area contributed by atoms with E-state index in [4.69, 9.17) is 4.74 Å². The van der Waals surface area contributed by atoms with Crippen LogP contribution >= 0.6 is 15.9 Å². The van der Waals surface area contributed by atoms with Crippen LogP contribution in [0.1, 0.15) is 10.4 Å². The van der Waals surface area contributed by atoms with Crippen LogP contribution in [0, 0.1) is 0 Å². The summed E-state index contributed by atoms with van der Waals surface area (Å²) >= 11 is 3.44. The third-order valence-corrected chi connectivity index (χ3v) is 3.26. The molecule has 0 unspecified atom stereocenters. The second-order valence-corrected chi connectivity index (χ2v) is 4.56. The quantitative estimate of drug-likeness (QED) is 0.862. The van der Waals surface area contributed by atoms with Crippen LogP contribution in [0.3, 0.4) is 0 Å². The minimum atomic E-state index is -0.475. The third kappa shape index (κ3) is 2.38. The number of hydrogen-bond acceptors (Lipinski definition) is 3. The summed E-state index contributed by atoms with van der Waals surface area (Å²) in [6, 6.07) is 12.2. The van der Waals surface area contributed by atoms with E-state index in [1.165, 1.54) is 13.2 Å². The number of phenols is 1. The van der Waals surface area contributed by atoms with Crippen molar-refractivity contribution < 1.29 is 14.6 Å². The molecule has 18 heavy (non-hydrogen) atoms. The van der Waals surface area contributed by atoms with E-state index in [0.717, 1.165) is 10.0 Å². The van der Waals surface area contributed by atoms with Crippen molar-refractivity contribution in [3.05, 3.63) is 52.5 Å². The second-order valence-electron chi connectivity index (χ2n) is 3.70. The zero-order valence-electron chi connectivity index (χ0n) is 9.68. The number of hydrogen-bond donors (Lipinski definition) is 1. The molecule has 0 saturated heterocycles. The fourth-order valence-electron chi connectivity index (χ4n) is 1.73. The van der Waals surface area contributed by atoms with Gasteiger partial charge in [0.05, 0.1) is 12.7 Å². The van der Waals surface area contributed by atoms with E-state index in [0.29, 0.717) is 11.1 Å². The number of benzene rings is 2. The molecule has 0 spiro atoms. The molecule has 0 heterocycles. The van der Waals surface area contributed by atoms with E-state index in [9.17, 15) is 9.90 Å². The number of methoxy groups -OCH3 is 1. The lowest BCUT2D eigenvalue weighted by Crippen LogP contribution is -2.03. The maximum Gasteiger partial charge on any atom is 0.338 e. The molecule has 0 amide bonds. The summed E-state index contributed by atoms with van der Waals surface area (Å²) in [6.45, 7) is 0. The van der Waals surface area contributed by atoms with E-state index in [2.05, 4.69) is 15.9 Å². The number of carbonyl (C=O) groups excluding carboxylic acids is 1. The second kappa shape index (κ2) is 5.23. The van der Waals surface area contributed by atoms with Crippen LogP contribution in [-0.2, 0) is 4.74 Å². The topological polar surface area (TPSA) is 46.5 Å². The van der Waals surface area contributed by atoms with Crippen LogP contribution in [0.25, 0.3) is 11.1 Å². The molecule has 2 aromatic rings. The van der Waals surface area contributed by atoms with Gasteiger partial charge in [0.25, 0.3) is 0 Å². The van der Waals surface area contributed by atoms with Crippen molar-refractivity contribution in [2.45, 2.75) is 0 Å². The first-order valence-corrected chi connectivity index (χ1v) is 6.09. The van der Waals surface area contributed by atoms with Gasteiger partial charge in [0, 0.05) is 4.47 Å². The minimum absolute atomic E-state index is 0.0335. The molecular formula is C14H11BrO3. The van der Waals surface area contributed by atoms with Gasteiger partial charge in [-0.15, -0.1) is 0 Å². The number of carbonyl (C=O) groups is 1. The SMILES string of the molecule is COC(=O)c1cc(O)ccc1-c1ccccc1Br. The van der Waals surface area contributed by atoms with E-state index in [-0.39, 0.29) is 5.75 Å². The number of halogens is 1. The van der Waals surface area contributed by atoms with Gasteiger partial charge in [-0.3, -0.25) is 0 Å². The van der Waals surface area contributed by atoms with Crippen molar-refractivity contribution in [2.75, 3.05) is 7.11 Å². The Hall–Kier alpha value is -1.81. The zero-order valence-corrected chi connectivity index (χ0v) is 11.3. The summed E-state index contributed by atoms with van der Waals surface area (Å²) in [7, 11) is 1.32. The van der Waals surface area contributed by atoms with Crippen molar-refractivity contribution in [2.24, 2.45) is 0 Å². The Morgan fingerprint density at radius 3 is 2.56 bits per heavy atom. The zero-order chi connectivity index (χ0) is 13.1. The summed E-state index contributed by atoms with van der Waals surface area (Å²) in [4.78, 5) is 11.7. The molecule has 0 aliphatic rings. The molecule has 1 N–H and O–H groups in total. The van der Waals surface area contributed by atoms with Gasteiger partial charge in [-0.25, -0.2) is 4.79 Å². The van der Waals surface area contributed by atoms with Crippen LogP contribution in [0.2, 0.25) is 0 Å². The van der Waals surface area contributed by atoms with Crippen LogP contribution in [0.15, 0.2) is 46.9 Å². The lowest BCUT2D eigenvalue weighted by Gasteiger charge is -2.10. The number of aromatic hydroxyl groups is 1. The predicted molar refractivity (Wildman–Crippen MR) is 72.6 cm³/mol. The molecule has 0 aromatic heterocycles. The lowest BCUT2D eigenvalue weighted by molar-refractivity contribution is 0.0601. The van der Waals surface area contributed by atoms with Crippen LogP contribution < -0.4 is 0 Å². The van der Waals surface area contributed by atoms with Gasteiger partial charge in [-0.2, -0.15) is 0 Å². The summed E-state index contributed by atoms with van der Waals surface area (Å²) in [5.41, 5.74) is 1.93. The Kier molecular flexibility index (Phi) is 3.67. The van der Waals surface area contributed by atoms with Crippen molar-refractivity contribution in [1.29, 1.82) is 0 Å². The highest BCUT2D eigenvalue weighted by molar-refractivity contribution is 9.10. The first-order valence-electron chi connectivity index (χ1n) is 5.29. The molecule has 0 aliphatic heterocycles. The largest absolute Gasteiger partial charge is 0.508 e. The fraction of sp³-hybridized carbons (Fsp3) is 0.0714. The van der Waals surface area contributed by atoms with Gasteiger partial charge < -0.3 is 9.84 Å². The molecule has 0 fully saturated rings. The molecular weight excluding hydrogens is 296 g/mol. The van der Waals surface area contributed by atoms with Gasteiger partial charge in [0.1, 0.15) is 5.75 Å². The average molecular weight is 307 g/mol. The fourth-order valence-corrected chi connectivity index (χ4v) is 2.22. The Bertz CT molecular complexity index is 593. The van der Waals surface area contributed by atoms with Gasteiger partial charge in [-0.05, 0) is 35.4 Å². The Morgan fingerprint density at radius 1 is 1.17 bits per heavy atom. The Balaban J connectivity index is 2.64. The Morgan fingerprint density at radius 2 is 1.89 bits per heavy atom. The number of esters is 1. The normalized spacial score (nSPS) is 10.1. The van der Waals surface area contributed by atoms with Crippen molar-refractivity contribution in [3.63, 3.8) is 0 Å². The highest BCUT2D eigenvalue weighted by Crippen LogP contribution is 2.32. The molecule has 4 heteroatoms. The number of rotatable bonds is 2. The molecule has 0 bridgehead atoms. The smallest absolute Gasteiger partial charge is 0.338 e. The minimum Gasteiger partial charge on any atom is -0.508 e. The van der Waals surface area contributed by atoms with Crippen molar-refractivity contribution in [1.82, 2.24) is 0 Å². The van der Waals surface area contributed by atoms with Crippen molar-refractivity contribution in [3.8, 4) is 16.9 Å². The van der Waals surface area contributed by atoms with Gasteiger partial charge >= 0.3 is 5.97 Å². The first-order chi connectivity index (χ1) is 8.63. The first kappa shape index (κ1) is 12.6.